The molecule has 0 saturated carbocycles. The van der Waals surface area contributed by atoms with E-state index in [1.54, 1.807) is 32.0 Å². The number of hydrogen-bond acceptors (Lipinski definition) is 5. The molecule has 0 saturated heterocycles. The molecule has 0 radical (unpaired) electrons. The van der Waals surface area contributed by atoms with Gasteiger partial charge in [0.25, 0.3) is 5.91 Å². The topological polar surface area (TPSA) is 156 Å². The molecule has 7 N–H and O–H groups in total. The van der Waals surface area contributed by atoms with Gasteiger partial charge in [-0.2, -0.15) is 0 Å². The number of halogens is 1. The predicted octanol–water partition coefficient (Wildman–Crippen LogP) is -0.248. The van der Waals surface area contributed by atoms with Crippen LogP contribution in [0.1, 0.15) is 30.6 Å². The number of rotatable bonds is 9. The second kappa shape index (κ2) is 11.9. The maximum atomic E-state index is 12.2. The Balaban J connectivity index is 0.00000676. The summed E-state index contributed by atoms with van der Waals surface area (Å²) in [5, 5.41) is 7.56. The molecule has 0 aliphatic carbocycles. The van der Waals surface area contributed by atoms with E-state index in [4.69, 9.17) is 11.5 Å². The summed E-state index contributed by atoms with van der Waals surface area (Å²) in [7, 11) is 0. The van der Waals surface area contributed by atoms with Crippen LogP contribution in [0.3, 0.4) is 0 Å². The molecule has 0 aliphatic rings. The Bertz CT molecular complexity index is 681. The minimum Gasteiger partial charge on any atom is -0.370 e. The fraction of sp³-hybridized carbons (Fsp3) is 0.412. The van der Waals surface area contributed by atoms with Crippen molar-refractivity contribution < 1.29 is 19.2 Å². The molecule has 27 heavy (non-hydrogen) atoms. The molecule has 1 aromatic carbocycles. The van der Waals surface area contributed by atoms with Crippen LogP contribution in [0.4, 0.5) is 5.69 Å². The van der Waals surface area contributed by atoms with E-state index >= 15 is 0 Å². The molecule has 0 bridgehead atoms. The van der Waals surface area contributed by atoms with Gasteiger partial charge in [-0.25, -0.2) is 0 Å². The summed E-state index contributed by atoms with van der Waals surface area (Å²) in [4.78, 5) is 46.7. The molecule has 1 atom stereocenters. The molecule has 1 rings (SSSR count). The first-order chi connectivity index (χ1) is 12.2. The summed E-state index contributed by atoms with van der Waals surface area (Å²) in [5.41, 5.74) is 11.2. The molecule has 0 unspecified atom stereocenters. The normalized spacial score (nSPS) is 11.1. The Labute approximate surface area is 164 Å². The highest BCUT2D eigenvalue weighted by Gasteiger charge is 2.18. The summed E-state index contributed by atoms with van der Waals surface area (Å²) < 4.78 is 0. The van der Waals surface area contributed by atoms with E-state index in [0.29, 0.717) is 0 Å². The molecule has 9 nitrogen and oxygen atoms in total. The number of hydrogen-bond donors (Lipinski definition) is 5. The molecule has 10 heteroatoms. The van der Waals surface area contributed by atoms with Gasteiger partial charge in [-0.3, -0.25) is 19.2 Å². The minimum absolute atomic E-state index is 0. The second-order valence-electron chi connectivity index (χ2n) is 6.05. The Morgan fingerprint density at radius 2 is 1.70 bits per heavy atom. The van der Waals surface area contributed by atoms with Crippen molar-refractivity contribution in [2.24, 2.45) is 17.4 Å². The van der Waals surface area contributed by atoms with Gasteiger partial charge in [0.1, 0.15) is 0 Å². The van der Waals surface area contributed by atoms with Crippen LogP contribution in [0.25, 0.3) is 0 Å². The maximum Gasteiger partial charge on any atom is 0.253 e. The Morgan fingerprint density at radius 1 is 1.07 bits per heavy atom. The van der Waals surface area contributed by atoms with Gasteiger partial charge in [-0.05, 0) is 18.1 Å². The van der Waals surface area contributed by atoms with Gasteiger partial charge in [0.15, 0.2) is 0 Å². The van der Waals surface area contributed by atoms with Crippen molar-refractivity contribution in [1.82, 2.24) is 10.6 Å². The number of carbonyl (C=O) groups is 4. The number of benzene rings is 1. The summed E-state index contributed by atoms with van der Waals surface area (Å²) in [6.45, 7) is 3.44. The van der Waals surface area contributed by atoms with E-state index in [-0.39, 0.29) is 49.1 Å². The van der Waals surface area contributed by atoms with Crippen LogP contribution in [0.15, 0.2) is 24.3 Å². The van der Waals surface area contributed by atoms with Crippen LogP contribution in [0, 0.1) is 5.92 Å². The number of carbonyl (C=O) groups excluding carboxylic acids is 4. The molecular formula is C17H26ClN5O4. The quantitative estimate of drug-likeness (QED) is 0.387. The molecule has 1 aromatic rings. The fourth-order valence-electron chi connectivity index (χ4n) is 1.97. The van der Waals surface area contributed by atoms with Crippen molar-refractivity contribution in [1.29, 1.82) is 0 Å². The monoisotopic (exact) mass is 399 g/mol. The Kier molecular flexibility index (Phi) is 10.7. The highest BCUT2D eigenvalue weighted by atomic mass is 35.5. The van der Waals surface area contributed by atoms with Gasteiger partial charge in [-0.15, -0.1) is 12.4 Å². The lowest BCUT2D eigenvalue weighted by Gasteiger charge is -2.15. The van der Waals surface area contributed by atoms with Crippen LogP contribution >= 0.6 is 12.4 Å². The van der Waals surface area contributed by atoms with Crippen molar-refractivity contribution in [3.05, 3.63) is 29.8 Å². The van der Waals surface area contributed by atoms with Gasteiger partial charge in [0.05, 0.1) is 23.8 Å². The van der Waals surface area contributed by atoms with E-state index in [1.807, 2.05) is 0 Å². The molecule has 4 amide bonds. The highest BCUT2D eigenvalue weighted by molar-refractivity contribution is 6.04. The fourth-order valence-corrected chi connectivity index (χ4v) is 1.97. The van der Waals surface area contributed by atoms with E-state index in [9.17, 15) is 19.2 Å². The van der Waals surface area contributed by atoms with Crippen molar-refractivity contribution in [3.8, 4) is 0 Å². The van der Waals surface area contributed by atoms with Gasteiger partial charge in [0.2, 0.25) is 17.7 Å². The van der Waals surface area contributed by atoms with E-state index in [1.165, 1.54) is 6.07 Å². The first-order valence-corrected chi connectivity index (χ1v) is 8.21. The molecule has 0 spiro atoms. The summed E-state index contributed by atoms with van der Waals surface area (Å²) in [5.74, 6) is -1.95. The van der Waals surface area contributed by atoms with Gasteiger partial charge in [-0.1, -0.05) is 26.0 Å². The van der Waals surface area contributed by atoms with Crippen molar-refractivity contribution in [2.75, 3.05) is 18.4 Å². The van der Waals surface area contributed by atoms with Crippen molar-refractivity contribution >= 4 is 41.7 Å². The van der Waals surface area contributed by atoms with Crippen LogP contribution in [0.2, 0.25) is 0 Å². The van der Waals surface area contributed by atoms with Crippen LogP contribution in [-0.4, -0.2) is 42.8 Å². The lowest BCUT2D eigenvalue weighted by molar-refractivity contribution is -0.125. The van der Waals surface area contributed by atoms with Crippen LogP contribution < -0.4 is 27.4 Å². The summed E-state index contributed by atoms with van der Waals surface area (Å²) in [6, 6.07) is 5.68. The molecular weight excluding hydrogens is 374 g/mol. The third kappa shape index (κ3) is 8.52. The largest absolute Gasteiger partial charge is 0.370 e. The van der Waals surface area contributed by atoms with Crippen molar-refractivity contribution in [2.45, 2.75) is 26.3 Å². The zero-order valence-corrected chi connectivity index (χ0v) is 16.1. The molecule has 0 fully saturated rings. The summed E-state index contributed by atoms with van der Waals surface area (Å²) in [6.07, 6.45) is 0.0163. The number of primary amides is 1. The second-order valence-corrected chi connectivity index (χ2v) is 6.05. The standard InChI is InChI=1S/C17H25N5O4.ClH/c1-10(2)15(19)17(26)21-9-14(24)22-12-6-4-3-5-11(12)16(25)20-8-7-13(18)23;/h3-6,10,15H,7-9,19H2,1-2H3,(H2,18,23)(H,20,25)(H,21,26)(H,22,24);1H/t15-;/m0./s1. The Morgan fingerprint density at radius 3 is 2.30 bits per heavy atom. The molecule has 0 aliphatic heterocycles. The molecule has 150 valence electrons. The van der Waals surface area contributed by atoms with E-state index in [0.717, 1.165) is 0 Å². The number of amides is 4. The average molecular weight is 400 g/mol. The average Bonchev–Trinajstić information content (AvgIpc) is 2.58. The lowest BCUT2D eigenvalue weighted by atomic mass is 10.1. The third-order valence-electron chi connectivity index (χ3n) is 3.55. The third-order valence-corrected chi connectivity index (χ3v) is 3.55. The molecule has 0 aromatic heterocycles. The van der Waals surface area contributed by atoms with E-state index in [2.05, 4.69) is 16.0 Å². The minimum atomic E-state index is -0.703. The van der Waals surface area contributed by atoms with Gasteiger partial charge in [0, 0.05) is 13.0 Å². The molecule has 0 heterocycles. The number of nitrogens with two attached hydrogens (primary N) is 2. The maximum absolute atomic E-state index is 12.2. The zero-order valence-electron chi connectivity index (χ0n) is 15.3. The number of anilines is 1. The predicted molar refractivity (Wildman–Crippen MR) is 104 cm³/mol. The van der Waals surface area contributed by atoms with Crippen molar-refractivity contribution in [3.63, 3.8) is 0 Å². The van der Waals surface area contributed by atoms with E-state index < -0.39 is 29.7 Å². The van der Waals surface area contributed by atoms with Crippen LogP contribution in [0.5, 0.6) is 0 Å². The number of para-hydroxylation sites is 1. The Hall–Kier alpha value is -2.65. The smallest absolute Gasteiger partial charge is 0.253 e. The SMILES string of the molecule is CC(C)[C@H](N)C(=O)NCC(=O)Nc1ccccc1C(=O)NCCC(N)=O.Cl. The van der Waals surface area contributed by atoms with Gasteiger partial charge < -0.3 is 27.4 Å². The highest BCUT2D eigenvalue weighted by Crippen LogP contribution is 2.14. The van der Waals surface area contributed by atoms with Gasteiger partial charge >= 0.3 is 0 Å². The number of nitrogens with one attached hydrogen (secondary N) is 3. The lowest BCUT2D eigenvalue weighted by Crippen LogP contribution is -2.46. The zero-order chi connectivity index (χ0) is 19.7. The summed E-state index contributed by atoms with van der Waals surface area (Å²) >= 11 is 0. The first kappa shape index (κ1) is 24.4. The van der Waals surface area contributed by atoms with Crippen LogP contribution in [-0.2, 0) is 14.4 Å². The first-order valence-electron chi connectivity index (χ1n) is 8.21.